The van der Waals surface area contributed by atoms with Gasteiger partial charge in [-0.1, -0.05) is 24.3 Å². The van der Waals surface area contributed by atoms with Gasteiger partial charge in [0.1, 0.15) is 5.65 Å². The molecule has 2 amide bonds. The molecule has 2 aromatic heterocycles. The normalized spacial score (nSPS) is 20.2. The van der Waals surface area contributed by atoms with Crippen LogP contribution in [0, 0.1) is 6.92 Å². The third-order valence-electron chi connectivity index (χ3n) is 6.93. The summed E-state index contributed by atoms with van der Waals surface area (Å²) in [5, 5.41) is 7.19. The molecule has 36 heavy (non-hydrogen) atoms. The first kappa shape index (κ1) is 24.2. The molecule has 2 fully saturated rings. The second kappa shape index (κ2) is 10.3. The predicted molar refractivity (Wildman–Crippen MR) is 140 cm³/mol. The van der Waals surface area contributed by atoms with Gasteiger partial charge < -0.3 is 20.3 Å². The van der Waals surface area contributed by atoms with Crippen LogP contribution in [0.4, 0.5) is 10.7 Å². The SMILES string of the molecule is Cc1ccccc1-c1cc2cnc(N[C@H]3CCCN(C(=O)NC(C)C)C3)nc2n([C@H]2CCOC2)c1=O. The molecule has 1 aromatic carbocycles. The summed E-state index contributed by atoms with van der Waals surface area (Å²) in [4.78, 5) is 37.5. The van der Waals surface area contributed by atoms with Gasteiger partial charge in [0, 0.05) is 48.9 Å². The Balaban J connectivity index is 1.49. The molecule has 2 atom stereocenters. The highest BCUT2D eigenvalue weighted by Gasteiger charge is 2.26. The minimum absolute atomic E-state index is 0.0374. The lowest BCUT2D eigenvalue weighted by Gasteiger charge is -2.33. The molecular formula is C27H34N6O3. The number of hydrogen-bond acceptors (Lipinski definition) is 6. The number of piperidine rings is 1. The number of aryl methyl sites for hydroxylation is 1. The first-order chi connectivity index (χ1) is 17.4. The van der Waals surface area contributed by atoms with Crippen molar-refractivity contribution in [2.45, 2.75) is 58.2 Å². The molecule has 0 aliphatic carbocycles. The molecule has 2 aliphatic rings. The molecule has 2 N–H and O–H groups in total. The average molecular weight is 491 g/mol. The highest BCUT2D eigenvalue weighted by molar-refractivity contribution is 5.82. The number of fused-ring (bicyclic) bond motifs is 1. The van der Waals surface area contributed by atoms with Crippen molar-refractivity contribution in [2.75, 3.05) is 31.6 Å². The van der Waals surface area contributed by atoms with Crippen LogP contribution in [0.2, 0.25) is 0 Å². The number of carbonyl (C=O) groups excluding carboxylic acids is 1. The van der Waals surface area contributed by atoms with Crippen LogP contribution in [0.25, 0.3) is 22.2 Å². The number of ether oxygens (including phenoxy) is 1. The van der Waals surface area contributed by atoms with Crippen molar-refractivity contribution in [1.29, 1.82) is 0 Å². The molecule has 0 spiro atoms. The number of aromatic nitrogens is 3. The number of anilines is 1. The van der Waals surface area contributed by atoms with Gasteiger partial charge in [0.05, 0.1) is 12.6 Å². The summed E-state index contributed by atoms with van der Waals surface area (Å²) in [6, 6.07) is 9.83. The lowest BCUT2D eigenvalue weighted by atomic mass is 10.0. The summed E-state index contributed by atoms with van der Waals surface area (Å²) in [6.07, 6.45) is 4.37. The molecule has 2 saturated heterocycles. The van der Waals surface area contributed by atoms with Crippen LogP contribution in [-0.4, -0.2) is 63.9 Å². The fraction of sp³-hybridized carbons (Fsp3) is 0.481. The summed E-state index contributed by atoms with van der Waals surface area (Å²) in [6.45, 7) is 8.36. The molecule has 0 saturated carbocycles. The number of pyridine rings is 1. The third kappa shape index (κ3) is 4.93. The number of benzene rings is 1. The minimum atomic E-state index is -0.0726. The van der Waals surface area contributed by atoms with E-state index in [4.69, 9.17) is 9.72 Å². The van der Waals surface area contributed by atoms with Gasteiger partial charge in [0.15, 0.2) is 0 Å². The molecule has 9 heteroatoms. The van der Waals surface area contributed by atoms with Crippen molar-refractivity contribution in [2.24, 2.45) is 0 Å². The van der Waals surface area contributed by atoms with Crippen LogP contribution in [-0.2, 0) is 4.74 Å². The van der Waals surface area contributed by atoms with Crippen LogP contribution in [0.15, 0.2) is 41.3 Å². The lowest BCUT2D eigenvalue weighted by Crippen LogP contribution is -2.50. The van der Waals surface area contributed by atoms with Crippen LogP contribution in [0.3, 0.4) is 0 Å². The molecule has 0 unspecified atom stereocenters. The zero-order chi connectivity index (χ0) is 25.2. The Labute approximate surface area is 210 Å². The van der Waals surface area contributed by atoms with E-state index in [1.54, 1.807) is 10.8 Å². The number of nitrogens with zero attached hydrogens (tertiary/aromatic N) is 4. The minimum Gasteiger partial charge on any atom is -0.379 e. The first-order valence-electron chi connectivity index (χ1n) is 12.8. The molecule has 9 nitrogen and oxygen atoms in total. The van der Waals surface area contributed by atoms with Gasteiger partial charge in [-0.2, -0.15) is 4.98 Å². The molecule has 5 rings (SSSR count). The summed E-state index contributed by atoms with van der Waals surface area (Å²) in [5.41, 5.74) is 3.16. The topological polar surface area (TPSA) is 101 Å². The van der Waals surface area contributed by atoms with Crippen LogP contribution < -0.4 is 16.2 Å². The van der Waals surface area contributed by atoms with Crippen molar-refractivity contribution in [3.05, 3.63) is 52.4 Å². The lowest BCUT2D eigenvalue weighted by molar-refractivity contribution is 0.180. The van der Waals surface area contributed by atoms with Gasteiger partial charge in [-0.25, -0.2) is 9.78 Å². The Morgan fingerprint density at radius 3 is 2.78 bits per heavy atom. The smallest absolute Gasteiger partial charge is 0.317 e. The molecule has 2 aliphatic heterocycles. The number of nitrogens with one attached hydrogen (secondary N) is 2. The van der Waals surface area contributed by atoms with Crippen LogP contribution >= 0.6 is 0 Å². The monoisotopic (exact) mass is 490 g/mol. The summed E-state index contributed by atoms with van der Waals surface area (Å²) in [5.74, 6) is 0.467. The Bertz CT molecular complexity index is 1310. The zero-order valence-corrected chi connectivity index (χ0v) is 21.2. The number of amides is 2. The van der Waals surface area contributed by atoms with E-state index < -0.39 is 0 Å². The number of hydrogen-bond donors (Lipinski definition) is 2. The maximum atomic E-state index is 13.8. The second-order valence-corrected chi connectivity index (χ2v) is 10.1. The first-order valence-corrected chi connectivity index (χ1v) is 12.8. The van der Waals surface area contributed by atoms with Gasteiger partial charge >= 0.3 is 6.03 Å². The van der Waals surface area contributed by atoms with Crippen LogP contribution in [0.5, 0.6) is 0 Å². The maximum absolute atomic E-state index is 13.8. The van der Waals surface area contributed by atoms with E-state index in [0.29, 0.717) is 36.9 Å². The number of urea groups is 1. The maximum Gasteiger partial charge on any atom is 0.317 e. The van der Waals surface area contributed by atoms with Crippen molar-refractivity contribution < 1.29 is 9.53 Å². The summed E-state index contributed by atoms with van der Waals surface area (Å²) >= 11 is 0. The average Bonchev–Trinajstić information content (AvgIpc) is 3.38. The van der Waals surface area contributed by atoms with E-state index in [9.17, 15) is 9.59 Å². The molecular weight excluding hydrogens is 456 g/mol. The fourth-order valence-electron chi connectivity index (χ4n) is 5.12. The van der Waals surface area contributed by atoms with E-state index in [1.807, 2.05) is 56.0 Å². The fourth-order valence-corrected chi connectivity index (χ4v) is 5.12. The molecule has 3 aromatic rings. The third-order valence-corrected chi connectivity index (χ3v) is 6.93. The predicted octanol–water partition coefficient (Wildman–Crippen LogP) is 3.72. The van der Waals surface area contributed by atoms with E-state index in [1.165, 1.54) is 0 Å². The van der Waals surface area contributed by atoms with Crippen LogP contribution in [0.1, 0.15) is 44.7 Å². The Morgan fingerprint density at radius 2 is 2.03 bits per heavy atom. The van der Waals surface area contributed by atoms with Gasteiger partial charge in [-0.15, -0.1) is 0 Å². The highest BCUT2D eigenvalue weighted by atomic mass is 16.5. The van der Waals surface area contributed by atoms with E-state index >= 15 is 0 Å². The van der Waals surface area contributed by atoms with Crippen molar-refractivity contribution >= 4 is 23.0 Å². The second-order valence-electron chi connectivity index (χ2n) is 10.1. The van der Waals surface area contributed by atoms with E-state index in [2.05, 4.69) is 15.6 Å². The number of carbonyl (C=O) groups is 1. The Morgan fingerprint density at radius 1 is 1.19 bits per heavy atom. The molecule has 4 heterocycles. The molecule has 0 radical (unpaired) electrons. The summed E-state index contributed by atoms with van der Waals surface area (Å²) in [7, 11) is 0. The van der Waals surface area contributed by atoms with Gasteiger partial charge in [0.25, 0.3) is 5.56 Å². The number of rotatable bonds is 5. The highest BCUT2D eigenvalue weighted by Crippen LogP contribution is 2.28. The molecule has 190 valence electrons. The standard InChI is InChI=1S/C27H34N6O3/c1-17(2)29-27(35)32-11-6-8-20(15-32)30-26-28-14-19-13-23(22-9-5-4-7-18(22)3)25(34)33(24(19)31-26)21-10-12-36-16-21/h4-5,7,9,13-14,17,20-21H,6,8,10-12,15-16H2,1-3H3,(H,29,35)(H,28,30,31)/t20-,21-/m0/s1. The van der Waals surface area contributed by atoms with Crippen molar-refractivity contribution in [3.63, 3.8) is 0 Å². The number of likely N-dealkylation sites (tertiary alicyclic amines) is 1. The van der Waals surface area contributed by atoms with Crippen molar-refractivity contribution in [3.8, 4) is 11.1 Å². The van der Waals surface area contributed by atoms with Gasteiger partial charge in [-0.3, -0.25) is 9.36 Å². The Hall–Kier alpha value is -3.46. The largest absolute Gasteiger partial charge is 0.379 e. The van der Waals surface area contributed by atoms with E-state index in [-0.39, 0.29) is 29.7 Å². The van der Waals surface area contributed by atoms with Crippen molar-refractivity contribution in [1.82, 2.24) is 24.8 Å². The zero-order valence-electron chi connectivity index (χ0n) is 21.2. The van der Waals surface area contributed by atoms with Gasteiger partial charge in [0.2, 0.25) is 5.95 Å². The van der Waals surface area contributed by atoms with E-state index in [0.717, 1.165) is 42.3 Å². The summed E-state index contributed by atoms with van der Waals surface area (Å²) < 4.78 is 7.43. The molecule has 0 bridgehead atoms. The quantitative estimate of drug-likeness (QED) is 0.565. The Kier molecular flexibility index (Phi) is 6.91. The van der Waals surface area contributed by atoms with Gasteiger partial charge in [-0.05, 0) is 57.2 Å².